The lowest BCUT2D eigenvalue weighted by Crippen LogP contribution is -2.49. The van der Waals surface area contributed by atoms with E-state index in [9.17, 15) is 24.3 Å². The molecule has 11 heteroatoms. The first-order valence-electron chi connectivity index (χ1n) is 11.3. The van der Waals surface area contributed by atoms with Crippen LogP contribution in [0.25, 0.3) is 0 Å². The number of morpholine rings is 1. The van der Waals surface area contributed by atoms with Gasteiger partial charge in [-0.1, -0.05) is 11.6 Å². The van der Waals surface area contributed by atoms with Gasteiger partial charge in [-0.25, -0.2) is 9.78 Å². The maximum Gasteiger partial charge on any atom is 0.335 e. The lowest BCUT2D eigenvalue weighted by Gasteiger charge is -2.38. The molecule has 3 N–H and O–H groups in total. The van der Waals surface area contributed by atoms with Gasteiger partial charge in [-0.3, -0.25) is 14.4 Å². The number of carboxylic acids is 1. The summed E-state index contributed by atoms with van der Waals surface area (Å²) in [6, 6.07) is 7.10. The number of halogens is 1. The van der Waals surface area contributed by atoms with Gasteiger partial charge >= 0.3 is 5.97 Å². The number of carbonyl (C=O) groups excluding carboxylic acids is 3. The van der Waals surface area contributed by atoms with Gasteiger partial charge in [-0.05, 0) is 56.0 Å². The summed E-state index contributed by atoms with van der Waals surface area (Å²) in [5, 5.41) is 15.2. The Labute approximate surface area is 206 Å². The van der Waals surface area contributed by atoms with E-state index in [1.165, 1.54) is 30.5 Å². The fourth-order valence-electron chi connectivity index (χ4n) is 4.41. The molecule has 4 rings (SSSR count). The largest absolute Gasteiger partial charge is 0.478 e. The standard InChI is InChI=1S/C24H25ClN4O6/c25-16-4-8-20(26-12-16)28-23(32)18-7-3-15(24(33)34)11-19(18)27-22(31)14-1-5-17(6-2-14)29-9-10-35-13-21(29)30/h3-4,7-8,11-12,14,17H,1-2,5-6,9-10,13H2,(H,27,31)(H,33,34)(H,26,28,32). The molecular formula is C24H25ClN4O6. The SMILES string of the molecule is O=C(O)c1ccc(C(=O)Nc2ccc(Cl)cn2)c(NC(=O)C2CCC(N3CCOCC3=O)CC2)c1. The number of amides is 3. The fraction of sp³-hybridized carbons (Fsp3) is 0.375. The highest BCUT2D eigenvalue weighted by atomic mass is 35.5. The van der Waals surface area contributed by atoms with Crippen molar-refractivity contribution in [3.63, 3.8) is 0 Å². The van der Waals surface area contributed by atoms with Gasteiger partial charge in [0, 0.05) is 24.7 Å². The Morgan fingerprint density at radius 3 is 2.51 bits per heavy atom. The third-order valence-electron chi connectivity index (χ3n) is 6.27. The Balaban J connectivity index is 1.45. The van der Waals surface area contributed by atoms with Gasteiger partial charge in [0.15, 0.2) is 0 Å². The zero-order chi connectivity index (χ0) is 24.9. The molecular weight excluding hydrogens is 476 g/mol. The second-order valence-electron chi connectivity index (χ2n) is 8.52. The van der Waals surface area contributed by atoms with Gasteiger partial charge in [0.25, 0.3) is 5.91 Å². The van der Waals surface area contributed by atoms with E-state index in [1.54, 1.807) is 6.07 Å². The van der Waals surface area contributed by atoms with Crippen molar-refractivity contribution in [3.8, 4) is 0 Å². The molecule has 1 saturated carbocycles. The van der Waals surface area contributed by atoms with E-state index in [2.05, 4.69) is 15.6 Å². The summed E-state index contributed by atoms with van der Waals surface area (Å²) in [6.45, 7) is 1.17. The predicted molar refractivity (Wildman–Crippen MR) is 128 cm³/mol. The molecule has 2 aliphatic rings. The molecule has 35 heavy (non-hydrogen) atoms. The normalized spacial score (nSPS) is 20.3. The van der Waals surface area contributed by atoms with Crippen LogP contribution in [0.2, 0.25) is 5.02 Å². The van der Waals surface area contributed by atoms with Crippen molar-refractivity contribution in [2.45, 2.75) is 31.7 Å². The number of pyridine rings is 1. The fourth-order valence-corrected chi connectivity index (χ4v) is 4.52. The smallest absolute Gasteiger partial charge is 0.335 e. The monoisotopic (exact) mass is 500 g/mol. The van der Waals surface area contributed by atoms with E-state index in [0.717, 1.165) is 0 Å². The van der Waals surface area contributed by atoms with Gasteiger partial charge < -0.3 is 25.4 Å². The van der Waals surface area contributed by atoms with E-state index >= 15 is 0 Å². The van der Waals surface area contributed by atoms with Crippen molar-refractivity contribution in [1.82, 2.24) is 9.88 Å². The lowest BCUT2D eigenvalue weighted by molar-refractivity contribution is -0.146. The van der Waals surface area contributed by atoms with Gasteiger partial charge in [0.05, 0.1) is 28.4 Å². The van der Waals surface area contributed by atoms with Crippen LogP contribution in [0, 0.1) is 5.92 Å². The van der Waals surface area contributed by atoms with Crippen LogP contribution >= 0.6 is 11.6 Å². The first-order valence-corrected chi connectivity index (χ1v) is 11.7. The number of nitrogens with zero attached hydrogens (tertiary/aromatic N) is 2. The second-order valence-corrected chi connectivity index (χ2v) is 8.95. The van der Waals surface area contributed by atoms with Crippen LogP contribution in [0.5, 0.6) is 0 Å². The number of nitrogens with one attached hydrogen (secondary N) is 2. The summed E-state index contributed by atoms with van der Waals surface area (Å²) < 4.78 is 5.19. The van der Waals surface area contributed by atoms with Crippen molar-refractivity contribution in [2.24, 2.45) is 5.92 Å². The van der Waals surface area contributed by atoms with E-state index in [-0.39, 0.29) is 53.0 Å². The van der Waals surface area contributed by atoms with Crippen LogP contribution in [0.4, 0.5) is 11.5 Å². The number of ether oxygens (including phenoxy) is 1. The van der Waals surface area contributed by atoms with E-state index in [0.29, 0.717) is 43.9 Å². The van der Waals surface area contributed by atoms with Gasteiger partial charge in [-0.15, -0.1) is 0 Å². The molecule has 2 fully saturated rings. The van der Waals surface area contributed by atoms with Crippen molar-refractivity contribution in [1.29, 1.82) is 0 Å². The number of carbonyl (C=O) groups is 4. The van der Waals surface area contributed by atoms with E-state index in [4.69, 9.17) is 16.3 Å². The Morgan fingerprint density at radius 1 is 1.09 bits per heavy atom. The molecule has 0 spiro atoms. The number of hydrogen-bond acceptors (Lipinski definition) is 6. The average Bonchev–Trinajstić information content (AvgIpc) is 2.85. The van der Waals surface area contributed by atoms with Crippen LogP contribution in [0.1, 0.15) is 46.4 Å². The molecule has 0 radical (unpaired) electrons. The summed E-state index contributed by atoms with van der Waals surface area (Å²) in [5.41, 5.74) is 0.149. The molecule has 1 aliphatic heterocycles. The molecule has 2 aromatic rings. The minimum atomic E-state index is -1.18. The number of anilines is 2. The molecule has 0 unspecified atom stereocenters. The number of rotatable bonds is 6. The first kappa shape index (κ1) is 24.6. The molecule has 2 heterocycles. The summed E-state index contributed by atoms with van der Waals surface area (Å²) in [5.74, 6) is -2.11. The molecule has 184 valence electrons. The maximum atomic E-state index is 13.0. The molecule has 0 atom stereocenters. The minimum absolute atomic E-state index is 0.0273. The number of carboxylic acid groups (broad SMARTS) is 1. The number of hydrogen-bond donors (Lipinski definition) is 3. The predicted octanol–water partition coefficient (Wildman–Crippen LogP) is 3.04. The Bertz CT molecular complexity index is 1130. The van der Waals surface area contributed by atoms with Gasteiger partial charge in [-0.2, -0.15) is 0 Å². The molecule has 1 aromatic heterocycles. The van der Waals surface area contributed by atoms with E-state index in [1.807, 2.05) is 4.90 Å². The van der Waals surface area contributed by atoms with Crippen molar-refractivity contribution >= 4 is 46.8 Å². The molecule has 0 bridgehead atoms. The number of benzene rings is 1. The zero-order valence-electron chi connectivity index (χ0n) is 18.8. The highest BCUT2D eigenvalue weighted by Crippen LogP contribution is 2.30. The van der Waals surface area contributed by atoms with Gasteiger partial charge in [0.2, 0.25) is 11.8 Å². The molecule has 1 saturated heterocycles. The van der Waals surface area contributed by atoms with Crippen LogP contribution in [-0.2, 0) is 14.3 Å². The maximum absolute atomic E-state index is 13.0. The van der Waals surface area contributed by atoms with Crippen molar-refractivity contribution in [3.05, 3.63) is 52.7 Å². The first-order chi connectivity index (χ1) is 16.8. The summed E-state index contributed by atoms with van der Waals surface area (Å²) >= 11 is 5.83. The zero-order valence-corrected chi connectivity index (χ0v) is 19.6. The highest BCUT2D eigenvalue weighted by molar-refractivity contribution is 6.30. The molecule has 1 aromatic carbocycles. The minimum Gasteiger partial charge on any atom is -0.478 e. The van der Waals surface area contributed by atoms with E-state index < -0.39 is 11.9 Å². The topological polar surface area (TPSA) is 138 Å². The number of aromatic nitrogens is 1. The molecule has 10 nitrogen and oxygen atoms in total. The van der Waals surface area contributed by atoms with Crippen LogP contribution < -0.4 is 10.6 Å². The quantitative estimate of drug-likeness (QED) is 0.554. The summed E-state index contributed by atoms with van der Waals surface area (Å²) in [6.07, 6.45) is 3.92. The lowest BCUT2D eigenvalue weighted by atomic mass is 9.84. The summed E-state index contributed by atoms with van der Waals surface area (Å²) in [7, 11) is 0. The summed E-state index contributed by atoms with van der Waals surface area (Å²) in [4.78, 5) is 55.4. The Hall–Kier alpha value is -3.50. The Kier molecular flexibility index (Phi) is 7.62. The van der Waals surface area contributed by atoms with Gasteiger partial charge in [0.1, 0.15) is 12.4 Å². The van der Waals surface area contributed by atoms with Crippen molar-refractivity contribution in [2.75, 3.05) is 30.4 Å². The molecule has 3 amide bonds. The Morgan fingerprint density at radius 2 is 1.86 bits per heavy atom. The molecule has 1 aliphatic carbocycles. The highest BCUT2D eigenvalue weighted by Gasteiger charge is 2.33. The van der Waals surface area contributed by atoms with Crippen LogP contribution in [-0.4, -0.2) is 64.5 Å². The van der Waals surface area contributed by atoms with Crippen molar-refractivity contribution < 1.29 is 29.0 Å². The third-order valence-corrected chi connectivity index (χ3v) is 6.49. The second kappa shape index (κ2) is 10.8. The number of aromatic carboxylic acids is 1. The third kappa shape index (κ3) is 5.95. The van der Waals surface area contributed by atoms with Crippen LogP contribution in [0.15, 0.2) is 36.5 Å². The van der Waals surface area contributed by atoms with Crippen LogP contribution in [0.3, 0.4) is 0 Å². The average molecular weight is 501 g/mol.